The van der Waals surface area contributed by atoms with Crippen LogP contribution in [0.5, 0.6) is 0 Å². The number of nitrogens with two attached hydrogens (primary N) is 1. The highest BCUT2D eigenvalue weighted by Gasteiger charge is 2.26. The molecule has 3 rings (SSSR count). The molecule has 1 fully saturated rings. The van der Waals surface area contributed by atoms with E-state index >= 15 is 0 Å². The Morgan fingerprint density at radius 3 is 3.20 bits per heavy atom. The van der Waals surface area contributed by atoms with E-state index in [1.54, 1.807) is 12.4 Å². The molecule has 1 unspecified atom stereocenters. The second-order valence-electron chi connectivity index (χ2n) is 4.87. The minimum atomic E-state index is 0.0717. The first-order chi connectivity index (χ1) is 9.70. The molecule has 1 aliphatic heterocycles. The maximum atomic E-state index is 12.7. The lowest BCUT2D eigenvalue weighted by atomic mass is 10.2. The summed E-state index contributed by atoms with van der Waals surface area (Å²) >= 11 is 3.41. The topological polar surface area (TPSA) is 59.2 Å². The van der Waals surface area contributed by atoms with Gasteiger partial charge in [-0.05, 0) is 12.5 Å². The van der Waals surface area contributed by atoms with Gasteiger partial charge in [0.2, 0.25) is 0 Å². The Labute approximate surface area is 126 Å². The van der Waals surface area contributed by atoms with Gasteiger partial charge >= 0.3 is 0 Å². The first-order valence-electron chi connectivity index (χ1n) is 6.73. The number of hydrogen-bond donors (Lipinski definition) is 1. The third kappa shape index (κ3) is 2.38. The zero-order valence-corrected chi connectivity index (χ0v) is 13.0. The number of thioether (sulfide) groups is 1. The van der Waals surface area contributed by atoms with Gasteiger partial charge in [-0.15, -0.1) is 11.3 Å². The number of nitrogens with zero attached hydrogens (tertiary/aromatic N) is 2. The molecular formula is C14H17N3OS2. The standard InChI is InChI=1S/C14H17N3OS2/c1-2-9-8-17(5-6-19-9)14(18)13-12(15)10-3-4-16-7-11(10)20-13/h3-4,7,9H,2,5-6,8,15H2,1H3. The van der Waals surface area contributed by atoms with Crippen molar-refractivity contribution in [3.63, 3.8) is 0 Å². The molecule has 1 atom stereocenters. The van der Waals surface area contributed by atoms with Crippen LogP contribution in [0.1, 0.15) is 23.0 Å². The van der Waals surface area contributed by atoms with Gasteiger partial charge in [0.15, 0.2) is 0 Å². The van der Waals surface area contributed by atoms with Crippen molar-refractivity contribution in [3.05, 3.63) is 23.3 Å². The normalized spacial score (nSPS) is 19.4. The molecule has 0 spiro atoms. The van der Waals surface area contributed by atoms with Crippen molar-refractivity contribution in [2.75, 3.05) is 24.6 Å². The van der Waals surface area contributed by atoms with E-state index in [1.165, 1.54) is 11.3 Å². The highest BCUT2D eigenvalue weighted by atomic mass is 32.2. The van der Waals surface area contributed by atoms with E-state index in [9.17, 15) is 4.79 Å². The monoisotopic (exact) mass is 307 g/mol. The fraction of sp³-hybridized carbons (Fsp3) is 0.429. The van der Waals surface area contributed by atoms with Crippen molar-refractivity contribution < 1.29 is 4.79 Å². The van der Waals surface area contributed by atoms with Crippen LogP contribution in [0.2, 0.25) is 0 Å². The van der Waals surface area contributed by atoms with Gasteiger partial charge in [-0.1, -0.05) is 6.92 Å². The highest BCUT2D eigenvalue weighted by molar-refractivity contribution is 8.00. The number of aromatic nitrogens is 1. The van der Waals surface area contributed by atoms with E-state index in [1.807, 2.05) is 22.7 Å². The molecule has 0 aromatic carbocycles. The largest absolute Gasteiger partial charge is 0.397 e. The van der Waals surface area contributed by atoms with Crippen molar-refractivity contribution in [2.24, 2.45) is 0 Å². The summed E-state index contributed by atoms with van der Waals surface area (Å²) in [5.41, 5.74) is 6.74. The Balaban J connectivity index is 1.90. The first kappa shape index (κ1) is 13.7. The van der Waals surface area contributed by atoms with Gasteiger partial charge in [-0.25, -0.2) is 0 Å². The number of carbonyl (C=O) groups excluding carboxylic acids is 1. The Bertz CT molecular complexity index is 640. The zero-order chi connectivity index (χ0) is 14.1. The van der Waals surface area contributed by atoms with Gasteiger partial charge < -0.3 is 10.6 Å². The minimum absolute atomic E-state index is 0.0717. The fourth-order valence-corrected chi connectivity index (χ4v) is 4.66. The van der Waals surface area contributed by atoms with E-state index in [-0.39, 0.29) is 5.91 Å². The molecule has 1 saturated heterocycles. The second kappa shape index (κ2) is 5.61. The van der Waals surface area contributed by atoms with E-state index < -0.39 is 0 Å². The minimum Gasteiger partial charge on any atom is -0.397 e. The number of fused-ring (bicyclic) bond motifs is 1. The van der Waals surface area contributed by atoms with Crippen LogP contribution in [0, 0.1) is 0 Å². The Morgan fingerprint density at radius 2 is 2.45 bits per heavy atom. The molecule has 3 heterocycles. The molecule has 0 saturated carbocycles. The van der Waals surface area contributed by atoms with Gasteiger partial charge in [0.25, 0.3) is 5.91 Å². The Hall–Kier alpha value is -1.27. The van der Waals surface area contributed by atoms with Gasteiger partial charge in [0.1, 0.15) is 4.88 Å². The lowest BCUT2D eigenvalue weighted by Gasteiger charge is -2.31. The SMILES string of the molecule is CCC1CN(C(=O)c2sc3cnccc3c2N)CCS1. The number of carbonyl (C=O) groups is 1. The number of thiophene rings is 1. The van der Waals surface area contributed by atoms with Gasteiger partial charge in [0.05, 0.1) is 10.4 Å². The van der Waals surface area contributed by atoms with E-state index in [4.69, 9.17) is 5.73 Å². The highest BCUT2D eigenvalue weighted by Crippen LogP contribution is 2.34. The summed E-state index contributed by atoms with van der Waals surface area (Å²) in [5.74, 6) is 1.08. The molecule has 1 amide bonds. The third-order valence-corrected chi connectivity index (χ3v) is 6.12. The number of rotatable bonds is 2. The second-order valence-corrected chi connectivity index (χ2v) is 7.33. The van der Waals surface area contributed by atoms with Gasteiger partial charge in [-0.3, -0.25) is 9.78 Å². The van der Waals surface area contributed by atoms with Crippen LogP contribution in [-0.4, -0.2) is 39.9 Å². The molecule has 0 bridgehead atoms. The van der Waals surface area contributed by atoms with Gasteiger partial charge in [-0.2, -0.15) is 11.8 Å². The van der Waals surface area contributed by atoms with E-state index in [2.05, 4.69) is 11.9 Å². The lowest BCUT2D eigenvalue weighted by Crippen LogP contribution is -2.41. The van der Waals surface area contributed by atoms with Crippen LogP contribution >= 0.6 is 23.1 Å². The van der Waals surface area contributed by atoms with Crippen LogP contribution in [-0.2, 0) is 0 Å². The summed E-state index contributed by atoms with van der Waals surface area (Å²) in [6, 6.07) is 1.87. The van der Waals surface area contributed by atoms with Crippen LogP contribution < -0.4 is 5.73 Å². The third-order valence-electron chi connectivity index (χ3n) is 3.61. The fourth-order valence-electron chi connectivity index (χ4n) is 2.42. The summed E-state index contributed by atoms with van der Waals surface area (Å²) in [7, 11) is 0. The van der Waals surface area contributed by atoms with Crippen molar-refractivity contribution in [3.8, 4) is 0 Å². The van der Waals surface area contributed by atoms with Crippen molar-refractivity contribution in [1.82, 2.24) is 9.88 Å². The van der Waals surface area contributed by atoms with E-state index in [0.29, 0.717) is 15.8 Å². The molecule has 1 aliphatic rings. The molecule has 6 heteroatoms. The Morgan fingerprint density at radius 1 is 1.60 bits per heavy atom. The molecule has 2 aromatic rings. The summed E-state index contributed by atoms with van der Waals surface area (Å²) in [6.07, 6.45) is 4.58. The summed E-state index contributed by atoms with van der Waals surface area (Å²) in [4.78, 5) is 19.4. The predicted molar refractivity (Wildman–Crippen MR) is 86.5 cm³/mol. The van der Waals surface area contributed by atoms with Crippen LogP contribution in [0.3, 0.4) is 0 Å². The molecule has 2 aromatic heterocycles. The summed E-state index contributed by atoms with van der Waals surface area (Å²) < 4.78 is 0.978. The molecule has 106 valence electrons. The number of amides is 1. The maximum absolute atomic E-state index is 12.7. The molecular weight excluding hydrogens is 290 g/mol. The molecule has 0 aliphatic carbocycles. The quantitative estimate of drug-likeness (QED) is 0.927. The lowest BCUT2D eigenvalue weighted by molar-refractivity contribution is 0.0767. The van der Waals surface area contributed by atoms with Crippen molar-refractivity contribution in [1.29, 1.82) is 0 Å². The predicted octanol–water partition coefficient (Wildman–Crippen LogP) is 2.85. The van der Waals surface area contributed by atoms with Crippen molar-refractivity contribution >= 4 is 44.8 Å². The molecule has 0 radical (unpaired) electrons. The molecule has 4 nitrogen and oxygen atoms in total. The number of hydrogen-bond acceptors (Lipinski definition) is 5. The zero-order valence-electron chi connectivity index (χ0n) is 11.3. The van der Waals surface area contributed by atoms with Crippen molar-refractivity contribution in [2.45, 2.75) is 18.6 Å². The summed E-state index contributed by atoms with van der Waals surface area (Å²) in [6.45, 7) is 3.81. The van der Waals surface area contributed by atoms with Gasteiger partial charge in [0, 0.05) is 41.9 Å². The van der Waals surface area contributed by atoms with E-state index in [0.717, 1.165) is 35.3 Å². The van der Waals surface area contributed by atoms with Crippen LogP contribution in [0.4, 0.5) is 5.69 Å². The molecule has 20 heavy (non-hydrogen) atoms. The average Bonchev–Trinajstić information content (AvgIpc) is 2.84. The number of pyridine rings is 1. The number of anilines is 1. The maximum Gasteiger partial charge on any atom is 0.266 e. The Kier molecular flexibility index (Phi) is 3.85. The van der Waals surface area contributed by atoms with Crippen LogP contribution in [0.25, 0.3) is 10.1 Å². The average molecular weight is 307 g/mol. The number of nitrogen functional groups attached to an aromatic ring is 1. The first-order valence-corrected chi connectivity index (χ1v) is 8.60. The summed E-state index contributed by atoms with van der Waals surface area (Å²) in [5, 5.41) is 1.48. The smallest absolute Gasteiger partial charge is 0.266 e. The molecule has 2 N–H and O–H groups in total. The van der Waals surface area contributed by atoms with Crippen LogP contribution in [0.15, 0.2) is 18.5 Å².